The van der Waals surface area contributed by atoms with Gasteiger partial charge >= 0.3 is 0 Å². The minimum absolute atomic E-state index is 0.0780. The van der Waals surface area contributed by atoms with Crippen LogP contribution < -0.4 is 5.32 Å². The quantitative estimate of drug-likeness (QED) is 0.785. The number of benzene rings is 1. The third-order valence-corrected chi connectivity index (χ3v) is 8.55. The summed E-state index contributed by atoms with van der Waals surface area (Å²) < 4.78 is 25.3. The smallest absolute Gasteiger partial charge is 0.242 e. The lowest BCUT2D eigenvalue weighted by molar-refractivity contribution is -0.132. The van der Waals surface area contributed by atoms with Crippen LogP contribution in [-0.4, -0.2) is 43.6 Å². The van der Waals surface area contributed by atoms with Crippen LogP contribution >= 0.6 is 0 Å². The second-order valence-corrected chi connectivity index (χ2v) is 10.2. The molecular weight excluding hydrogens is 374 g/mol. The number of amides is 1. The molecule has 3 rings (SSSR count). The van der Waals surface area contributed by atoms with Crippen molar-refractivity contribution in [2.24, 2.45) is 0 Å². The van der Waals surface area contributed by atoms with E-state index in [1.807, 2.05) is 0 Å². The van der Waals surface area contributed by atoms with Crippen LogP contribution in [0.3, 0.4) is 0 Å². The van der Waals surface area contributed by atoms with E-state index in [4.69, 9.17) is 0 Å². The van der Waals surface area contributed by atoms with Crippen LogP contribution in [0.2, 0.25) is 0 Å². The number of anilines is 1. The lowest BCUT2D eigenvalue weighted by Crippen LogP contribution is -2.51. The van der Waals surface area contributed by atoms with E-state index in [1.165, 1.54) is 0 Å². The summed E-state index contributed by atoms with van der Waals surface area (Å²) in [4.78, 5) is 14.5. The van der Waals surface area contributed by atoms with Crippen molar-refractivity contribution in [3.63, 3.8) is 0 Å². The standard InChI is InChI=1S/C21H29N3O3S/c1-24(21(16-22)13-5-2-6-14-21)20(25)15-23-17-9-11-19(12-10-17)28(26,27)18-7-3-4-8-18/h9-12,18,23H,2-8,13-15H2,1H3. The Balaban J connectivity index is 1.60. The Kier molecular flexibility index (Phi) is 6.29. The fourth-order valence-electron chi connectivity index (χ4n) is 4.35. The number of rotatable bonds is 6. The molecule has 0 atom stereocenters. The first-order valence-electron chi connectivity index (χ1n) is 10.1. The molecule has 1 amide bonds. The van der Waals surface area contributed by atoms with Gasteiger partial charge in [0.15, 0.2) is 9.84 Å². The van der Waals surface area contributed by atoms with E-state index in [2.05, 4.69) is 11.4 Å². The number of carbonyl (C=O) groups excluding carboxylic acids is 1. The van der Waals surface area contributed by atoms with Crippen LogP contribution in [0.25, 0.3) is 0 Å². The van der Waals surface area contributed by atoms with Gasteiger partial charge in [0, 0.05) is 12.7 Å². The first kappa shape index (κ1) is 20.7. The lowest BCUT2D eigenvalue weighted by Gasteiger charge is -2.39. The number of nitrogens with zero attached hydrogens (tertiary/aromatic N) is 2. The molecule has 152 valence electrons. The van der Waals surface area contributed by atoms with Crippen LogP contribution in [0.4, 0.5) is 5.69 Å². The van der Waals surface area contributed by atoms with Gasteiger partial charge in [-0.1, -0.05) is 32.1 Å². The molecule has 2 aliphatic carbocycles. The van der Waals surface area contributed by atoms with Gasteiger partial charge in [-0.15, -0.1) is 0 Å². The monoisotopic (exact) mass is 403 g/mol. The fraction of sp³-hybridized carbons (Fsp3) is 0.619. The normalized spacial score (nSPS) is 19.7. The van der Waals surface area contributed by atoms with Gasteiger partial charge in [-0.25, -0.2) is 8.42 Å². The molecule has 1 aromatic rings. The zero-order chi connectivity index (χ0) is 20.2. The zero-order valence-electron chi connectivity index (χ0n) is 16.5. The molecule has 0 bridgehead atoms. The van der Waals surface area contributed by atoms with E-state index in [9.17, 15) is 18.5 Å². The minimum atomic E-state index is -3.27. The van der Waals surface area contributed by atoms with Gasteiger partial charge in [-0.3, -0.25) is 4.79 Å². The second kappa shape index (κ2) is 8.52. The molecule has 1 aromatic carbocycles. The largest absolute Gasteiger partial charge is 0.376 e. The number of sulfone groups is 1. The molecule has 0 aromatic heterocycles. The number of hydrogen-bond donors (Lipinski definition) is 1. The molecule has 6 nitrogen and oxygen atoms in total. The van der Waals surface area contributed by atoms with Crippen molar-refractivity contribution in [2.75, 3.05) is 18.9 Å². The van der Waals surface area contributed by atoms with Crippen LogP contribution in [0.15, 0.2) is 29.2 Å². The molecule has 0 radical (unpaired) electrons. The van der Waals surface area contributed by atoms with E-state index in [-0.39, 0.29) is 17.7 Å². The summed E-state index contributed by atoms with van der Waals surface area (Å²) in [5, 5.41) is 12.4. The summed E-state index contributed by atoms with van der Waals surface area (Å²) in [6.45, 7) is 0.0780. The van der Waals surface area contributed by atoms with Gasteiger partial charge in [0.2, 0.25) is 5.91 Å². The van der Waals surface area contributed by atoms with Gasteiger partial charge in [0.05, 0.1) is 22.8 Å². The maximum absolute atomic E-state index is 12.6. The molecule has 0 saturated heterocycles. The van der Waals surface area contributed by atoms with Crippen molar-refractivity contribution in [1.82, 2.24) is 4.90 Å². The Labute approximate surface area is 167 Å². The molecule has 2 saturated carbocycles. The third kappa shape index (κ3) is 4.17. The van der Waals surface area contributed by atoms with Gasteiger partial charge in [0.25, 0.3) is 0 Å². The first-order chi connectivity index (χ1) is 13.4. The van der Waals surface area contributed by atoms with Crippen molar-refractivity contribution in [2.45, 2.75) is 73.5 Å². The number of likely N-dealkylation sites (N-methyl/N-ethyl adjacent to an activating group) is 1. The predicted octanol–water partition coefficient (Wildman–Crippen LogP) is 3.50. The molecule has 2 aliphatic rings. The summed E-state index contributed by atoms with van der Waals surface area (Å²) in [7, 11) is -1.56. The van der Waals surface area contributed by atoms with Gasteiger partial charge in [0.1, 0.15) is 5.54 Å². The maximum atomic E-state index is 12.6. The number of carbonyl (C=O) groups is 1. The fourth-order valence-corrected chi connectivity index (χ4v) is 6.20. The Bertz CT molecular complexity index is 831. The van der Waals surface area contributed by atoms with Crippen LogP contribution in [0.5, 0.6) is 0 Å². The Morgan fingerprint density at radius 1 is 1.14 bits per heavy atom. The van der Waals surface area contributed by atoms with Crippen molar-refractivity contribution >= 4 is 21.4 Å². The van der Waals surface area contributed by atoms with Gasteiger partial charge in [-0.05, 0) is 49.9 Å². The highest BCUT2D eigenvalue weighted by Crippen LogP contribution is 2.33. The highest BCUT2D eigenvalue weighted by Gasteiger charge is 2.38. The third-order valence-electron chi connectivity index (χ3n) is 6.27. The Hall–Kier alpha value is -2.07. The zero-order valence-corrected chi connectivity index (χ0v) is 17.3. The SMILES string of the molecule is CN(C(=O)CNc1ccc(S(=O)(=O)C2CCCC2)cc1)C1(C#N)CCCCC1. The average Bonchev–Trinajstić information content (AvgIpc) is 3.28. The Morgan fingerprint density at radius 3 is 2.32 bits per heavy atom. The molecule has 7 heteroatoms. The summed E-state index contributed by atoms with van der Waals surface area (Å²) in [5.74, 6) is -0.133. The molecule has 28 heavy (non-hydrogen) atoms. The second-order valence-electron chi connectivity index (χ2n) is 7.99. The highest BCUT2D eigenvalue weighted by atomic mass is 32.2. The lowest BCUT2D eigenvalue weighted by atomic mass is 9.81. The molecule has 0 unspecified atom stereocenters. The van der Waals surface area contributed by atoms with E-state index in [0.29, 0.717) is 10.6 Å². The van der Waals surface area contributed by atoms with E-state index < -0.39 is 15.4 Å². The number of nitriles is 1. The minimum Gasteiger partial charge on any atom is -0.376 e. The summed E-state index contributed by atoms with van der Waals surface area (Å²) in [6, 6.07) is 8.99. The van der Waals surface area contributed by atoms with Crippen LogP contribution in [0.1, 0.15) is 57.8 Å². The van der Waals surface area contributed by atoms with E-state index in [0.717, 1.165) is 57.8 Å². The Morgan fingerprint density at radius 2 is 1.75 bits per heavy atom. The molecule has 2 fully saturated rings. The molecular formula is C21H29N3O3S. The van der Waals surface area contributed by atoms with Crippen molar-refractivity contribution < 1.29 is 13.2 Å². The molecule has 0 spiro atoms. The predicted molar refractivity (Wildman–Crippen MR) is 109 cm³/mol. The molecule has 0 heterocycles. The molecule has 1 N–H and O–H groups in total. The first-order valence-corrected chi connectivity index (χ1v) is 11.7. The van der Waals surface area contributed by atoms with Crippen molar-refractivity contribution in [3.8, 4) is 6.07 Å². The van der Waals surface area contributed by atoms with Crippen molar-refractivity contribution in [1.29, 1.82) is 5.26 Å². The van der Waals surface area contributed by atoms with Gasteiger partial charge in [-0.2, -0.15) is 5.26 Å². The van der Waals surface area contributed by atoms with E-state index in [1.54, 1.807) is 36.2 Å². The van der Waals surface area contributed by atoms with Gasteiger partial charge < -0.3 is 10.2 Å². The highest BCUT2D eigenvalue weighted by molar-refractivity contribution is 7.92. The van der Waals surface area contributed by atoms with Crippen LogP contribution in [0, 0.1) is 11.3 Å². The van der Waals surface area contributed by atoms with E-state index >= 15 is 0 Å². The summed E-state index contributed by atoms with van der Waals surface area (Å²) in [6.07, 6.45) is 7.92. The van der Waals surface area contributed by atoms with Crippen LogP contribution in [-0.2, 0) is 14.6 Å². The maximum Gasteiger partial charge on any atom is 0.242 e. The number of hydrogen-bond acceptors (Lipinski definition) is 5. The topological polar surface area (TPSA) is 90.3 Å². The molecule has 0 aliphatic heterocycles. The summed E-state index contributed by atoms with van der Waals surface area (Å²) >= 11 is 0. The summed E-state index contributed by atoms with van der Waals surface area (Å²) in [5.41, 5.74) is -0.00210. The number of nitrogens with one attached hydrogen (secondary N) is 1. The average molecular weight is 404 g/mol. The van der Waals surface area contributed by atoms with Crippen molar-refractivity contribution in [3.05, 3.63) is 24.3 Å².